The Morgan fingerprint density at radius 1 is 1.56 bits per heavy atom. The molecule has 1 rings (SSSR count). The number of carboxylic acid groups (broad SMARTS) is 1. The summed E-state index contributed by atoms with van der Waals surface area (Å²) in [6.45, 7) is 3.44. The van der Waals surface area contributed by atoms with Crippen molar-refractivity contribution in [2.45, 2.75) is 19.8 Å². The highest BCUT2D eigenvalue weighted by Gasteiger charge is 2.25. The SMILES string of the molecule is Cc1cc(Br)c(C)c(O)c1C(CN)C(=O)O. The number of carboxylic acids is 1. The zero-order valence-corrected chi connectivity index (χ0v) is 10.7. The van der Waals surface area contributed by atoms with Gasteiger partial charge in [0.2, 0.25) is 0 Å². The highest BCUT2D eigenvalue weighted by Crippen LogP contribution is 2.36. The van der Waals surface area contributed by atoms with Crippen molar-refractivity contribution in [3.8, 4) is 5.75 Å². The molecule has 5 heteroatoms. The van der Waals surface area contributed by atoms with Gasteiger partial charge in [0.25, 0.3) is 0 Å². The van der Waals surface area contributed by atoms with E-state index in [4.69, 9.17) is 10.8 Å². The Morgan fingerprint density at radius 3 is 2.56 bits per heavy atom. The molecular formula is C11H14BrNO3. The molecule has 88 valence electrons. The fourth-order valence-electron chi connectivity index (χ4n) is 1.66. The van der Waals surface area contributed by atoms with E-state index >= 15 is 0 Å². The first kappa shape index (κ1) is 13.0. The van der Waals surface area contributed by atoms with Gasteiger partial charge in [0.05, 0.1) is 5.92 Å². The summed E-state index contributed by atoms with van der Waals surface area (Å²) in [5.74, 6) is -1.89. The number of phenolic OH excluding ortho intramolecular Hbond substituents is 1. The first-order chi connectivity index (χ1) is 7.40. The van der Waals surface area contributed by atoms with Crippen molar-refractivity contribution >= 4 is 21.9 Å². The van der Waals surface area contributed by atoms with E-state index in [1.54, 1.807) is 19.9 Å². The molecular weight excluding hydrogens is 274 g/mol. The van der Waals surface area contributed by atoms with Crippen LogP contribution in [-0.4, -0.2) is 22.7 Å². The number of aryl methyl sites for hydroxylation is 1. The lowest BCUT2D eigenvalue weighted by atomic mass is 9.92. The van der Waals surface area contributed by atoms with Crippen LogP contribution in [0.5, 0.6) is 5.75 Å². The van der Waals surface area contributed by atoms with Crippen LogP contribution in [0.1, 0.15) is 22.6 Å². The summed E-state index contributed by atoms with van der Waals surface area (Å²) in [7, 11) is 0. The van der Waals surface area contributed by atoms with Crippen LogP contribution in [0.4, 0.5) is 0 Å². The third-order valence-corrected chi connectivity index (χ3v) is 3.44. The molecule has 0 heterocycles. The van der Waals surface area contributed by atoms with Crippen LogP contribution in [0, 0.1) is 13.8 Å². The van der Waals surface area contributed by atoms with Gasteiger partial charge in [-0.3, -0.25) is 4.79 Å². The largest absolute Gasteiger partial charge is 0.507 e. The number of halogens is 1. The Balaban J connectivity index is 3.43. The van der Waals surface area contributed by atoms with Crippen LogP contribution in [0.2, 0.25) is 0 Å². The number of nitrogens with two attached hydrogens (primary N) is 1. The lowest BCUT2D eigenvalue weighted by molar-refractivity contribution is -0.138. The highest BCUT2D eigenvalue weighted by molar-refractivity contribution is 9.10. The summed E-state index contributed by atoms with van der Waals surface area (Å²) in [5, 5.41) is 19.0. The molecule has 0 spiro atoms. The lowest BCUT2D eigenvalue weighted by Crippen LogP contribution is -2.22. The molecule has 0 saturated carbocycles. The normalized spacial score (nSPS) is 12.5. The first-order valence-electron chi connectivity index (χ1n) is 4.81. The van der Waals surface area contributed by atoms with Crippen LogP contribution in [0.25, 0.3) is 0 Å². The van der Waals surface area contributed by atoms with Gasteiger partial charge in [-0.2, -0.15) is 0 Å². The first-order valence-corrected chi connectivity index (χ1v) is 5.60. The maximum atomic E-state index is 11.0. The van der Waals surface area contributed by atoms with Gasteiger partial charge in [-0.25, -0.2) is 0 Å². The Bertz CT molecular complexity index is 432. The summed E-state index contributed by atoms with van der Waals surface area (Å²) in [4.78, 5) is 11.0. The van der Waals surface area contributed by atoms with E-state index in [9.17, 15) is 9.90 Å². The molecule has 0 aliphatic heterocycles. The van der Waals surface area contributed by atoms with Crippen molar-refractivity contribution in [3.63, 3.8) is 0 Å². The molecule has 0 aliphatic rings. The number of hydrogen-bond acceptors (Lipinski definition) is 3. The number of phenols is 1. The Morgan fingerprint density at radius 2 is 2.12 bits per heavy atom. The number of carbonyl (C=O) groups is 1. The predicted molar refractivity (Wildman–Crippen MR) is 64.7 cm³/mol. The van der Waals surface area contributed by atoms with Gasteiger partial charge in [0, 0.05) is 22.1 Å². The monoisotopic (exact) mass is 287 g/mol. The summed E-state index contributed by atoms with van der Waals surface area (Å²) in [6.07, 6.45) is 0. The molecule has 16 heavy (non-hydrogen) atoms. The molecule has 1 aromatic rings. The van der Waals surface area contributed by atoms with Gasteiger partial charge in [-0.05, 0) is 25.5 Å². The van der Waals surface area contributed by atoms with Crippen LogP contribution in [0.3, 0.4) is 0 Å². The van der Waals surface area contributed by atoms with Crippen molar-refractivity contribution < 1.29 is 15.0 Å². The van der Waals surface area contributed by atoms with Crippen LogP contribution < -0.4 is 5.73 Å². The fraction of sp³-hybridized carbons (Fsp3) is 0.364. The topological polar surface area (TPSA) is 83.5 Å². The Labute approximate surface area is 102 Å². The number of benzene rings is 1. The van der Waals surface area contributed by atoms with Crippen LogP contribution >= 0.6 is 15.9 Å². The van der Waals surface area contributed by atoms with Gasteiger partial charge in [-0.15, -0.1) is 0 Å². The molecule has 0 aliphatic carbocycles. The molecule has 0 aromatic heterocycles. The van der Waals surface area contributed by atoms with E-state index in [-0.39, 0.29) is 12.3 Å². The second kappa shape index (κ2) is 4.84. The molecule has 0 fully saturated rings. The number of aliphatic carboxylic acids is 1. The van der Waals surface area contributed by atoms with Crippen molar-refractivity contribution in [1.29, 1.82) is 0 Å². The lowest BCUT2D eigenvalue weighted by Gasteiger charge is -2.17. The van der Waals surface area contributed by atoms with E-state index in [1.807, 2.05) is 0 Å². The average molecular weight is 288 g/mol. The van der Waals surface area contributed by atoms with E-state index in [0.717, 1.165) is 4.47 Å². The second-order valence-electron chi connectivity index (χ2n) is 3.69. The highest BCUT2D eigenvalue weighted by atomic mass is 79.9. The number of aromatic hydroxyl groups is 1. The zero-order chi connectivity index (χ0) is 12.5. The van der Waals surface area contributed by atoms with Crippen molar-refractivity contribution in [2.24, 2.45) is 5.73 Å². The third-order valence-electron chi connectivity index (χ3n) is 2.62. The third kappa shape index (κ3) is 2.20. The molecule has 0 saturated heterocycles. The Kier molecular flexibility index (Phi) is 3.93. The van der Waals surface area contributed by atoms with E-state index in [2.05, 4.69) is 15.9 Å². The molecule has 0 bridgehead atoms. The van der Waals surface area contributed by atoms with E-state index < -0.39 is 11.9 Å². The maximum Gasteiger partial charge on any atom is 0.312 e. The summed E-state index contributed by atoms with van der Waals surface area (Å²) < 4.78 is 0.757. The molecule has 1 unspecified atom stereocenters. The molecule has 4 N–H and O–H groups in total. The minimum absolute atomic E-state index is 0.00438. The van der Waals surface area contributed by atoms with Crippen molar-refractivity contribution in [3.05, 3.63) is 27.2 Å². The molecule has 0 radical (unpaired) electrons. The predicted octanol–water partition coefficient (Wildman–Crippen LogP) is 1.90. The van der Waals surface area contributed by atoms with Crippen LogP contribution in [-0.2, 0) is 4.79 Å². The number of rotatable bonds is 3. The van der Waals surface area contributed by atoms with Gasteiger partial charge < -0.3 is 15.9 Å². The maximum absolute atomic E-state index is 11.0. The average Bonchev–Trinajstić information content (AvgIpc) is 2.20. The fourth-order valence-corrected chi connectivity index (χ4v) is 2.19. The minimum atomic E-state index is -1.03. The summed E-state index contributed by atoms with van der Waals surface area (Å²) >= 11 is 3.30. The second-order valence-corrected chi connectivity index (χ2v) is 4.54. The Hall–Kier alpha value is -1.07. The minimum Gasteiger partial charge on any atom is -0.507 e. The van der Waals surface area contributed by atoms with Gasteiger partial charge >= 0.3 is 5.97 Å². The van der Waals surface area contributed by atoms with Gasteiger partial charge in [-0.1, -0.05) is 15.9 Å². The quantitative estimate of drug-likeness (QED) is 0.793. The zero-order valence-electron chi connectivity index (χ0n) is 9.12. The smallest absolute Gasteiger partial charge is 0.312 e. The van der Waals surface area contributed by atoms with Crippen molar-refractivity contribution in [1.82, 2.24) is 0 Å². The van der Waals surface area contributed by atoms with Crippen LogP contribution in [0.15, 0.2) is 10.5 Å². The molecule has 4 nitrogen and oxygen atoms in total. The van der Waals surface area contributed by atoms with Gasteiger partial charge in [0.15, 0.2) is 0 Å². The molecule has 1 atom stereocenters. The standard InChI is InChI=1S/C11H14BrNO3/c1-5-3-8(12)6(2)10(14)9(5)7(4-13)11(15)16/h3,7,14H,4,13H2,1-2H3,(H,15,16). The van der Waals surface area contributed by atoms with Crippen molar-refractivity contribution in [2.75, 3.05) is 6.54 Å². The molecule has 0 amide bonds. The number of hydrogen-bond donors (Lipinski definition) is 3. The van der Waals surface area contributed by atoms with E-state index in [1.165, 1.54) is 0 Å². The summed E-state index contributed by atoms with van der Waals surface area (Å²) in [5.41, 5.74) is 7.17. The summed E-state index contributed by atoms with van der Waals surface area (Å²) in [6, 6.07) is 1.79. The van der Waals surface area contributed by atoms with Gasteiger partial charge in [0.1, 0.15) is 5.75 Å². The van der Waals surface area contributed by atoms with E-state index in [0.29, 0.717) is 16.7 Å². The molecule has 1 aromatic carbocycles.